The van der Waals surface area contributed by atoms with Gasteiger partial charge in [-0.2, -0.15) is 34.9 Å². The molecule has 4 unspecified atom stereocenters. The Morgan fingerprint density at radius 3 is 1.03 bits per heavy atom. The molecule has 0 saturated carbocycles. The molecule has 10 heterocycles. The molecule has 87 heavy (non-hydrogen) atoms. The van der Waals surface area contributed by atoms with Crippen LogP contribution in [-0.4, -0.2) is 17.5 Å². The second kappa shape index (κ2) is 27.4. The van der Waals surface area contributed by atoms with Gasteiger partial charge in [-0.25, -0.2) is 0 Å². The average molecular weight is 1340 g/mol. The predicted molar refractivity (Wildman–Crippen MR) is 387 cm³/mol. The second-order valence-corrected chi connectivity index (χ2v) is 33.2. The smallest absolute Gasteiger partial charge is 0.116 e. The molecule has 2 aliphatic heterocycles. The molecule has 0 bridgehead atoms. The van der Waals surface area contributed by atoms with Crippen LogP contribution >= 0.6 is 91.5 Å². The fourth-order valence-electron chi connectivity index (χ4n) is 14.0. The standard InChI is InChI=1S/C69H78N8S10/c1-9-17-21-39(13-5)33-43-25-27-47(78-43)49-29-31-51(80-49)55-59-63(74-84-70-59)57(64-60(55)71-85-75-64)53-35-45-67(82-53)68-46(69(45,37-41(15-7)23-19-11-3)38-42(16-8)24-20-12-4)36-54(83-68)58-65-61(72-86-76-65)56(62-66(58)77-87-73-62)52-32-30-50(81-52)48-28-26-44(79-48)34-40(14-6)22-18-10-2/h25-32,35-36,39-42H,9-24,33-34,37-38H2,1-8H3. The minimum Gasteiger partial charge on any atom is -0.172 e. The molecule has 0 radical (unpaired) electrons. The first-order valence-corrected chi connectivity index (χ1v) is 40.0. The molecule has 18 heteroatoms. The number of fused-ring (bicyclic) bond motifs is 7. The SMILES string of the molecule is CCCCC(CC)Cc1ccc(-c2ccc(-c3c4c(c(-c5cc6c(s5)-c5sc(-c7c8c(c(-c9ccc(-c%10ccc(CC(CC)CCCC)s%10)s9)c9nsnc79)N=S=N8)cc5C6(CC(CC)CCCC)CC(CC)CCCC)c5nsnc35)N=S=N4)s2)s1. The molecule has 1 aliphatic carbocycles. The highest BCUT2D eigenvalue weighted by Crippen LogP contribution is 2.66. The Kier molecular flexibility index (Phi) is 19.5. The molecular weight excluding hydrogens is 1260 g/mol. The van der Waals surface area contributed by atoms with Crippen molar-refractivity contribution in [3.8, 4) is 71.0 Å². The van der Waals surface area contributed by atoms with Gasteiger partial charge in [-0.05, 0) is 121 Å². The molecule has 454 valence electrons. The van der Waals surface area contributed by atoms with Crippen molar-refractivity contribution in [3.63, 3.8) is 0 Å². The van der Waals surface area contributed by atoms with Gasteiger partial charge in [0.2, 0.25) is 0 Å². The van der Waals surface area contributed by atoms with Crippen LogP contribution in [0.4, 0.5) is 22.7 Å². The van der Waals surface area contributed by atoms with Gasteiger partial charge < -0.3 is 0 Å². The topological polar surface area (TPSA) is 101 Å². The van der Waals surface area contributed by atoms with Crippen molar-refractivity contribution in [1.29, 1.82) is 0 Å². The first-order valence-electron chi connectivity index (χ1n) is 32.2. The Balaban J connectivity index is 0.919. The first-order chi connectivity index (χ1) is 42.7. The quantitative estimate of drug-likeness (QED) is 0.0448. The second-order valence-electron chi connectivity index (χ2n) is 24.5. The van der Waals surface area contributed by atoms with Crippen molar-refractivity contribution in [2.75, 3.05) is 0 Å². The third-order valence-corrected chi connectivity index (χ3v) is 28.4. The number of benzene rings is 2. The number of aromatic nitrogens is 4. The number of thiophene rings is 6. The highest BCUT2D eigenvalue weighted by atomic mass is 32.1. The van der Waals surface area contributed by atoms with Crippen molar-refractivity contribution in [2.45, 2.75) is 189 Å². The van der Waals surface area contributed by atoms with Crippen LogP contribution in [0.3, 0.4) is 0 Å². The predicted octanol–water partition coefficient (Wildman–Crippen LogP) is 26.5. The lowest BCUT2D eigenvalue weighted by Gasteiger charge is -2.37. The van der Waals surface area contributed by atoms with Crippen LogP contribution in [0, 0.1) is 23.7 Å². The molecule has 10 aromatic rings. The lowest BCUT2D eigenvalue weighted by atomic mass is 9.65. The summed E-state index contributed by atoms with van der Waals surface area (Å²) in [6.07, 6.45) is 24.5. The summed E-state index contributed by atoms with van der Waals surface area (Å²) in [5.74, 6) is 2.65. The fourth-order valence-corrected chi connectivity index (χ4v) is 23.5. The molecule has 0 saturated heterocycles. The summed E-state index contributed by atoms with van der Waals surface area (Å²) in [5.41, 5.74) is 14.5. The van der Waals surface area contributed by atoms with Gasteiger partial charge >= 0.3 is 0 Å². The number of hydrogen-bond acceptors (Lipinski definition) is 16. The number of unbranched alkanes of at least 4 members (excludes halogenated alkanes) is 4. The molecule has 4 atom stereocenters. The van der Waals surface area contributed by atoms with E-state index >= 15 is 0 Å². The molecule has 0 spiro atoms. The molecule has 8 nitrogen and oxygen atoms in total. The molecule has 2 aromatic carbocycles. The van der Waals surface area contributed by atoms with E-state index in [1.165, 1.54) is 219 Å². The van der Waals surface area contributed by atoms with E-state index in [1.54, 1.807) is 0 Å². The van der Waals surface area contributed by atoms with Crippen molar-refractivity contribution in [2.24, 2.45) is 41.1 Å². The van der Waals surface area contributed by atoms with E-state index in [4.69, 9.17) is 34.9 Å². The van der Waals surface area contributed by atoms with E-state index in [0.29, 0.717) is 11.8 Å². The van der Waals surface area contributed by atoms with Crippen LogP contribution in [-0.2, 0) is 41.0 Å². The highest BCUT2D eigenvalue weighted by Gasteiger charge is 2.49. The summed E-state index contributed by atoms with van der Waals surface area (Å²) < 4.78 is 41.4. The van der Waals surface area contributed by atoms with Crippen LogP contribution in [0.2, 0.25) is 0 Å². The summed E-state index contributed by atoms with van der Waals surface area (Å²) in [7, 11) is 0. The van der Waals surface area contributed by atoms with Crippen LogP contribution in [0.5, 0.6) is 0 Å². The van der Waals surface area contributed by atoms with Gasteiger partial charge in [0, 0.05) is 86.2 Å². The highest BCUT2D eigenvalue weighted by molar-refractivity contribution is 7.58. The van der Waals surface area contributed by atoms with Gasteiger partial charge in [0.15, 0.2) is 0 Å². The van der Waals surface area contributed by atoms with Gasteiger partial charge in [-0.1, -0.05) is 158 Å². The Hall–Kier alpha value is -4.08. The van der Waals surface area contributed by atoms with E-state index in [9.17, 15) is 0 Å². The first kappa shape index (κ1) is 61.8. The van der Waals surface area contributed by atoms with Crippen molar-refractivity contribution in [3.05, 3.63) is 81.5 Å². The van der Waals surface area contributed by atoms with E-state index in [0.717, 1.165) is 105 Å². The maximum atomic E-state index is 5.21. The molecule has 8 aromatic heterocycles. The van der Waals surface area contributed by atoms with Crippen molar-refractivity contribution >= 4 is 159 Å². The van der Waals surface area contributed by atoms with Crippen LogP contribution < -0.4 is 0 Å². The average Bonchev–Trinajstić information content (AvgIpc) is 1.56. The maximum absolute atomic E-state index is 5.21. The zero-order valence-electron chi connectivity index (χ0n) is 51.4. The lowest BCUT2D eigenvalue weighted by Crippen LogP contribution is -2.31. The van der Waals surface area contributed by atoms with Crippen LogP contribution in [0.1, 0.15) is 192 Å². The number of hydrogen-bond donors (Lipinski definition) is 0. The minimum absolute atomic E-state index is 0.196. The van der Waals surface area contributed by atoms with Crippen molar-refractivity contribution < 1.29 is 0 Å². The van der Waals surface area contributed by atoms with Crippen LogP contribution in [0.25, 0.3) is 93.1 Å². The van der Waals surface area contributed by atoms with Crippen LogP contribution in [0.15, 0.2) is 78.1 Å². The molecule has 3 aliphatic rings. The number of nitrogens with zero attached hydrogens (tertiary/aromatic N) is 8. The van der Waals surface area contributed by atoms with E-state index in [1.807, 2.05) is 68.0 Å². The summed E-state index contributed by atoms with van der Waals surface area (Å²) in [5, 5.41) is 0. The Morgan fingerprint density at radius 1 is 0.356 bits per heavy atom. The molecule has 0 fully saturated rings. The zero-order chi connectivity index (χ0) is 59.8. The van der Waals surface area contributed by atoms with E-state index in [2.05, 4.69) is 116 Å². The molecule has 13 rings (SSSR count). The molecular formula is C69H78N8S10. The van der Waals surface area contributed by atoms with Crippen molar-refractivity contribution in [1.82, 2.24) is 17.5 Å². The Morgan fingerprint density at radius 2 is 0.678 bits per heavy atom. The fraction of sp³-hybridized carbons (Fsp3) is 0.478. The normalized spacial score (nSPS) is 16.2. The van der Waals surface area contributed by atoms with Gasteiger partial charge in [-0.3, -0.25) is 0 Å². The largest absolute Gasteiger partial charge is 0.172 e. The monoisotopic (exact) mass is 1340 g/mol. The molecule has 0 amide bonds. The third-order valence-electron chi connectivity index (χ3n) is 19.0. The van der Waals surface area contributed by atoms with E-state index in [-0.39, 0.29) is 5.41 Å². The Labute approximate surface area is 554 Å². The molecule has 0 N–H and O–H groups in total. The maximum Gasteiger partial charge on any atom is 0.116 e. The third kappa shape index (κ3) is 11.9. The minimum atomic E-state index is -0.196. The van der Waals surface area contributed by atoms with Gasteiger partial charge in [0.1, 0.15) is 44.8 Å². The lowest BCUT2D eigenvalue weighted by molar-refractivity contribution is 0.266. The zero-order valence-corrected chi connectivity index (χ0v) is 59.6. The number of rotatable bonds is 30. The van der Waals surface area contributed by atoms with Gasteiger partial charge in [-0.15, -0.1) is 68.0 Å². The van der Waals surface area contributed by atoms with E-state index < -0.39 is 0 Å². The summed E-state index contributed by atoms with van der Waals surface area (Å²) in [4.78, 5) is 15.8. The Bertz CT molecular complexity index is 3970. The summed E-state index contributed by atoms with van der Waals surface area (Å²) >= 11 is 16.7. The summed E-state index contributed by atoms with van der Waals surface area (Å²) in [6, 6.07) is 23.8. The van der Waals surface area contributed by atoms with Gasteiger partial charge in [0.05, 0.1) is 46.2 Å². The summed E-state index contributed by atoms with van der Waals surface area (Å²) in [6.45, 7) is 18.9. The van der Waals surface area contributed by atoms with Gasteiger partial charge in [0.25, 0.3) is 0 Å².